The van der Waals surface area contributed by atoms with Crippen molar-refractivity contribution in [2.24, 2.45) is 0 Å². The third-order valence-corrected chi connectivity index (χ3v) is 5.34. The molecule has 1 aromatic carbocycles. The first-order chi connectivity index (χ1) is 15.2. The number of fused-ring (bicyclic) bond motifs is 1. The van der Waals surface area contributed by atoms with Gasteiger partial charge in [-0.1, -0.05) is 22.5 Å². The number of aryl methyl sites for hydroxylation is 1. The average molecular weight is 434 g/mol. The fourth-order valence-electron chi connectivity index (χ4n) is 3.10. The second kappa shape index (κ2) is 8.48. The predicted octanol–water partition coefficient (Wildman–Crippen LogP) is 2.68. The molecule has 5 rings (SSSR count). The number of hydrogen-bond acceptors (Lipinski definition) is 8. The van der Waals surface area contributed by atoms with Gasteiger partial charge in [0.05, 0.1) is 23.8 Å². The number of aromatic nitrogens is 7. The maximum atomic E-state index is 12.1. The fraction of sp³-hybridized carbons (Fsp3) is 0.200. The van der Waals surface area contributed by atoms with Crippen molar-refractivity contribution in [1.29, 1.82) is 0 Å². The van der Waals surface area contributed by atoms with Gasteiger partial charge in [-0.15, -0.1) is 5.10 Å². The van der Waals surface area contributed by atoms with Crippen LogP contribution >= 0.6 is 11.3 Å². The number of thiophene rings is 1. The second-order valence-corrected chi connectivity index (χ2v) is 7.63. The number of para-hydroxylation sites is 2. The zero-order valence-electron chi connectivity index (χ0n) is 16.4. The molecule has 0 unspecified atom stereocenters. The Morgan fingerprint density at radius 2 is 2.16 bits per heavy atom. The van der Waals surface area contributed by atoms with Gasteiger partial charge in [-0.2, -0.15) is 16.3 Å². The topological polar surface area (TPSA) is 127 Å². The molecule has 156 valence electrons. The highest BCUT2D eigenvalue weighted by atomic mass is 32.1. The summed E-state index contributed by atoms with van der Waals surface area (Å²) in [6.45, 7) is 0.917. The normalized spacial score (nSPS) is 11.2. The number of nitrogens with zero attached hydrogens (tertiary/aromatic N) is 6. The molecule has 0 aliphatic heterocycles. The highest BCUT2D eigenvalue weighted by Gasteiger charge is 2.14. The molecule has 0 radical (unpaired) electrons. The minimum absolute atomic E-state index is 0.0434. The van der Waals surface area contributed by atoms with Crippen LogP contribution in [-0.4, -0.2) is 47.6 Å². The zero-order valence-corrected chi connectivity index (χ0v) is 17.2. The van der Waals surface area contributed by atoms with Crippen LogP contribution in [0.5, 0.6) is 0 Å². The van der Waals surface area contributed by atoms with E-state index in [0.29, 0.717) is 43.3 Å². The van der Waals surface area contributed by atoms with Crippen LogP contribution in [0.4, 0.5) is 0 Å². The minimum Gasteiger partial charge on any atom is -0.354 e. The third kappa shape index (κ3) is 4.36. The average Bonchev–Trinajstić information content (AvgIpc) is 3.57. The summed E-state index contributed by atoms with van der Waals surface area (Å²) < 4.78 is 6.90. The first-order valence-corrected chi connectivity index (χ1v) is 10.7. The highest BCUT2D eigenvalue weighted by Crippen LogP contribution is 2.22. The highest BCUT2D eigenvalue weighted by molar-refractivity contribution is 7.08. The second-order valence-electron chi connectivity index (χ2n) is 6.85. The molecule has 0 aliphatic carbocycles. The van der Waals surface area contributed by atoms with E-state index in [1.807, 2.05) is 41.1 Å². The molecule has 1 amide bonds. The van der Waals surface area contributed by atoms with Gasteiger partial charge in [0.25, 0.3) is 5.89 Å². The Kier molecular flexibility index (Phi) is 5.23. The van der Waals surface area contributed by atoms with Crippen molar-refractivity contribution in [3.8, 4) is 23.0 Å². The van der Waals surface area contributed by atoms with Gasteiger partial charge in [0.15, 0.2) is 5.69 Å². The number of rotatable bonds is 8. The standard InChI is InChI=1S/C20H18N8O2S/c29-18(6-5-17-22-14-3-1-2-4-15(14)23-17)21-8-9-28-11-16(25-27-28)20-24-19(26-30-20)13-7-10-31-12-13/h1-4,7,10-12H,5-6,8-9H2,(H,21,29)(H,22,23). The first kappa shape index (κ1) is 19.1. The predicted molar refractivity (Wildman–Crippen MR) is 114 cm³/mol. The van der Waals surface area contributed by atoms with Gasteiger partial charge in [-0.05, 0) is 23.6 Å². The minimum atomic E-state index is -0.0434. The van der Waals surface area contributed by atoms with E-state index in [9.17, 15) is 4.79 Å². The lowest BCUT2D eigenvalue weighted by molar-refractivity contribution is -0.121. The van der Waals surface area contributed by atoms with E-state index in [-0.39, 0.29) is 5.91 Å². The van der Waals surface area contributed by atoms with E-state index in [2.05, 4.69) is 35.7 Å². The van der Waals surface area contributed by atoms with Gasteiger partial charge in [0.2, 0.25) is 11.7 Å². The van der Waals surface area contributed by atoms with Crippen LogP contribution in [0.3, 0.4) is 0 Å². The molecule has 2 N–H and O–H groups in total. The van der Waals surface area contributed by atoms with Gasteiger partial charge in [-0.3, -0.25) is 4.79 Å². The Morgan fingerprint density at radius 1 is 1.23 bits per heavy atom. The van der Waals surface area contributed by atoms with E-state index in [1.54, 1.807) is 22.2 Å². The number of nitrogens with one attached hydrogen (secondary N) is 2. The molecule has 4 aromatic heterocycles. The summed E-state index contributed by atoms with van der Waals surface area (Å²) >= 11 is 1.56. The molecule has 0 aliphatic rings. The molecule has 0 saturated carbocycles. The molecule has 5 aromatic rings. The number of imidazole rings is 1. The van der Waals surface area contributed by atoms with E-state index >= 15 is 0 Å². The fourth-order valence-corrected chi connectivity index (χ4v) is 3.73. The first-order valence-electron chi connectivity index (χ1n) is 9.72. The van der Waals surface area contributed by atoms with Crippen molar-refractivity contribution in [3.63, 3.8) is 0 Å². The molecule has 0 spiro atoms. The Bertz CT molecular complexity index is 1270. The molecule has 10 nitrogen and oxygen atoms in total. The smallest absolute Gasteiger partial charge is 0.280 e. The molecular formula is C20H18N8O2S. The summed E-state index contributed by atoms with van der Waals surface area (Å²) in [6, 6.07) is 9.73. The summed E-state index contributed by atoms with van der Waals surface area (Å²) in [5, 5.41) is 18.9. The molecule has 11 heteroatoms. The molecule has 31 heavy (non-hydrogen) atoms. The number of hydrogen-bond donors (Lipinski definition) is 2. The third-order valence-electron chi connectivity index (χ3n) is 4.65. The van der Waals surface area contributed by atoms with E-state index < -0.39 is 0 Å². The summed E-state index contributed by atoms with van der Waals surface area (Å²) in [6.07, 6.45) is 2.62. The SMILES string of the molecule is O=C(CCc1nc2ccccc2[nH]1)NCCn1cc(-c2nc(-c3ccsc3)no2)nn1. The van der Waals surface area contributed by atoms with Gasteiger partial charge in [0, 0.05) is 30.3 Å². The van der Waals surface area contributed by atoms with E-state index in [4.69, 9.17) is 4.52 Å². The van der Waals surface area contributed by atoms with Crippen LogP contribution in [0, 0.1) is 0 Å². The maximum absolute atomic E-state index is 12.1. The van der Waals surface area contributed by atoms with Gasteiger partial charge in [0.1, 0.15) is 5.82 Å². The number of amides is 1. The summed E-state index contributed by atoms with van der Waals surface area (Å²) in [4.78, 5) is 24.2. The number of carbonyl (C=O) groups excluding carboxylic acids is 1. The van der Waals surface area contributed by atoms with Crippen molar-refractivity contribution < 1.29 is 9.32 Å². The molecule has 0 saturated heterocycles. The van der Waals surface area contributed by atoms with Gasteiger partial charge in [-0.25, -0.2) is 9.67 Å². The van der Waals surface area contributed by atoms with Crippen LogP contribution in [-0.2, 0) is 17.8 Å². The van der Waals surface area contributed by atoms with E-state index in [1.165, 1.54) is 0 Å². The lowest BCUT2D eigenvalue weighted by Gasteiger charge is -2.04. The number of benzene rings is 1. The largest absolute Gasteiger partial charge is 0.354 e. The van der Waals surface area contributed by atoms with Crippen LogP contribution in [0.15, 0.2) is 51.8 Å². The summed E-state index contributed by atoms with van der Waals surface area (Å²) in [5.41, 5.74) is 3.27. The van der Waals surface area contributed by atoms with Crippen LogP contribution in [0.2, 0.25) is 0 Å². The zero-order chi connectivity index (χ0) is 21.0. The quantitative estimate of drug-likeness (QED) is 0.384. The van der Waals surface area contributed by atoms with Crippen LogP contribution < -0.4 is 5.32 Å². The maximum Gasteiger partial charge on any atom is 0.280 e. The van der Waals surface area contributed by atoms with Crippen molar-refractivity contribution in [1.82, 2.24) is 40.4 Å². The number of H-pyrrole nitrogens is 1. The number of carbonyl (C=O) groups is 1. The van der Waals surface area contributed by atoms with Crippen molar-refractivity contribution in [2.75, 3.05) is 6.54 Å². The molecular weight excluding hydrogens is 416 g/mol. The van der Waals surface area contributed by atoms with Crippen molar-refractivity contribution in [3.05, 3.63) is 53.1 Å². The summed E-state index contributed by atoms with van der Waals surface area (Å²) in [7, 11) is 0. The summed E-state index contributed by atoms with van der Waals surface area (Å²) in [5.74, 6) is 1.58. The molecule has 0 atom stereocenters. The number of aromatic amines is 1. The monoisotopic (exact) mass is 434 g/mol. The lowest BCUT2D eigenvalue weighted by atomic mass is 10.3. The van der Waals surface area contributed by atoms with Crippen molar-refractivity contribution >= 4 is 28.3 Å². The van der Waals surface area contributed by atoms with Crippen LogP contribution in [0.1, 0.15) is 12.2 Å². The molecule has 4 heterocycles. The Labute approximate surface area is 180 Å². The molecule has 0 bridgehead atoms. The Morgan fingerprint density at radius 3 is 3.03 bits per heavy atom. The molecule has 0 fully saturated rings. The lowest BCUT2D eigenvalue weighted by Crippen LogP contribution is -2.27. The Hall–Kier alpha value is -3.86. The van der Waals surface area contributed by atoms with Crippen LogP contribution in [0.25, 0.3) is 34.0 Å². The van der Waals surface area contributed by atoms with E-state index in [0.717, 1.165) is 22.4 Å². The van der Waals surface area contributed by atoms with Gasteiger partial charge >= 0.3 is 0 Å². The Balaban J connectivity index is 1.10. The van der Waals surface area contributed by atoms with Gasteiger partial charge < -0.3 is 14.8 Å². The van der Waals surface area contributed by atoms with Crippen molar-refractivity contribution in [2.45, 2.75) is 19.4 Å².